The zero-order valence-corrected chi connectivity index (χ0v) is 10.1. The lowest BCUT2D eigenvalue weighted by Crippen LogP contribution is -2.10. The van der Waals surface area contributed by atoms with Crippen LogP contribution >= 0.6 is 0 Å². The third-order valence-electron chi connectivity index (χ3n) is 2.23. The van der Waals surface area contributed by atoms with Crippen molar-refractivity contribution in [2.45, 2.75) is 26.2 Å². The minimum atomic E-state index is 0.174. The van der Waals surface area contributed by atoms with Gasteiger partial charge in [0.15, 0.2) is 0 Å². The second kappa shape index (κ2) is 5.40. The molecule has 0 bridgehead atoms. The average molecular weight is 217 g/mol. The minimum absolute atomic E-state index is 0.174. The maximum Gasteiger partial charge on any atom is 0.115 e. The summed E-state index contributed by atoms with van der Waals surface area (Å²) < 4.78 is 0. The van der Waals surface area contributed by atoms with E-state index in [0.29, 0.717) is 5.75 Å². The van der Waals surface area contributed by atoms with E-state index in [2.05, 4.69) is 25.8 Å². The van der Waals surface area contributed by atoms with Gasteiger partial charge in [0.25, 0.3) is 0 Å². The first kappa shape index (κ1) is 12.4. The van der Waals surface area contributed by atoms with Gasteiger partial charge in [0.1, 0.15) is 5.75 Å². The van der Waals surface area contributed by atoms with Crippen LogP contribution in [-0.2, 0) is 5.41 Å². The van der Waals surface area contributed by atoms with Gasteiger partial charge in [0.05, 0.1) is 0 Å². The Balaban J connectivity index is 0.000000212. The van der Waals surface area contributed by atoms with Crippen molar-refractivity contribution < 1.29 is 5.11 Å². The fraction of sp³-hybridized carbons (Fsp3) is 0.286. The second-order valence-electron chi connectivity index (χ2n) is 4.68. The van der Waals surface area contributed by atoms with Crippen molar-refractivity contribution in [3.63, 3.8) is 0 Å². The standard InChI is InChI=1S/C10H14O.C4H5N/c1-10(2,3)8-4-6-9(11)7-5-8;1-2-4-5-3-1/h4-7,11H,1-3H3;1-5H. The van der Waals surface area contributed by atoms with E-state index in [9.17, 15) is 0 Å². The van der Waals surface area contributed by atoms with Crippen molar-refractivity contribution in [2.24, 2.45) is 0 Å². The van der Waals surface area contributed by atoms with E-state index in [1.165, 1.54) is 5.56 Å². The molecule has 2 N–H and O–H groups in total. The molecule has 0 aliphatic rings. The summed E-state index contributed by atoms with van der Waals surface area (Å²) in [6.45, 7) is 6.46. The van der Waals surface area contributed by atoms with E-state index in [4.69, 9.17) is 5.11 Å². The largest absolute Gasteiger partial charge is 0.508 e. The lowest BCUT2D eigenvalue weighted by atomic mass is 9.87. The van der Waals surface area contributed by atoms with Crippen molar-refractivity contribution in [1.29, 1.82) is 0 Å². The van der Waals surface area contributed by atoms with Crippen LogP contribution in [0.1, 0.15) is 26.3 Å². The van der Waals surface area contributed by atoms with Crippen molar-refractivity contribution in [3.8, 4) is 5.75 Å². The Morgan fingerprint density at radius 3 is 1.75 bits per heavy atom. The molecule has 0 fully saturated rings. The van der Waals surface area contributed by atoms with Gasteiger partial charge in [-0.05, 0) is 35.2 Å². The van der Waals surface area contributed by atoms with Crippen molar-refractivity contribution >= 4 is 0 Å². The predicted octanol–water partition coefficient (Wildman–Crippen LogP) is 3.70. The predicted molar refractivity (Wildman–Crippen MR) is 67.6 cm³/mol. The van der Waals surface area contributed by atoms with Crippen LogP contribution < -0.4 is 0 Å². The molecular weight excluding hydrogens is 198 g/mol. The van der Waals surface area contributed by atoms with E-state index in [0.717, 1.165) is 0 Å². The van der Waals surface area contributed by atoms with E-state index >= 15 is 0 Å². The smallest absolute Gasteiger partial charge is 0.115 e. The van der Waals surface area contributed by atoms with Gasteiger partial charge in [-0.2, -0.15) is 0 Å². The first-order chi connectivity index (χ1) is 7.50. The van der Waals surface area contributed by atoms with E-state index < -0.39 is 0 Å². The Kier molecular flexibility index (Phi) is 4.18. The first-order valence-electron chi connectivity index (χ1n) is 5.37. The van der Waals surface area contributed by atoms with Gasteiger partial charge in [0.2, 0.25) is 0 Å². The summed E-state index contributed by atoms with van der Waals surface area (Å²) in [5.41, 5.74) is 1.42. The van der Waals surface area contributed by atoms with Gasteiger partial charge >= 0.3 is 0 Å². The number of rotatable bonds is 0. The highest BCUT2D eigenvalue weighted by molar-refractivity contribution is 5.29. The molecule has 16 heavy (non-hydrogen) atoms. The maximum atomic E-state index is 9.02. The monoisotopic (exact) mass is 217 g/mol. The fourth-order valence-corrected chi connectivity index (χ4v) is 1.24. The summed E-state index contributed by atoms with van der Waals surface area (Å²) in [6, 6.07) is 11.2. The normalized spacial score (nSPS) is 10.4. The number of hydrogen-bond acceptors (Lipinski definition) is 1. The number of benzene rings is 1. The van der Waals surface area contributed by atoms with Crippen LogP contribution in [0.5, 0.6) is 5.75 Å². The number of aromatic nitrogens is 1. The van der Waals surface area contributed by atoms with Gasteiger partial charge < -0.3 is 10.1 Å². The zero-order valence-electron chi connectivity index (χ0n) is 10.1. The quantitative estimate of drug-likeness (QED) is 0.693. The molecule has 0 unspecified atom stereocenters. The Labute approximate surface area is 97.0 Å². The van der Waals surface area contributed by atoms with Crippen LogP contribution in [0, 0.1) is 0 Å². The molecule has 2 rings (SSSR count). The molecule has 2 aromatic rings. The molecule has 86 valence electrons. The van der Waals surface area contributed by atoms with Crippen LogP contribution in [-0.4, -0.2) is 10.1 Å². The van der Waals surface area contributed by atoms with E-state index in [1.807, 2.05) is 36.7 Å². The van der Waals surface area contributed by atoms with Crippen LogP contribution in [0.4, 0.5) is 0 Å². The minimum Gasteiger partial charge on any atom is -0.508 e. The number of phenolic OH excluding ortho intramolecular Hbond substituents is 1. The molecule has 0 radical (unpaired) electrons. The molecule has 1 heterocycles. The Bertz CT molecular complexity index is 364. The highest BCUT2D eigenvalue weighted by Gasteiger charge is 2.12. The van der Waals surface area contributed by atoms with Gasteiger partial charge in [0, 0.05) is 12.4 Å². The molecule has 1 aromatic heterocycles. The third kappa shape index (κ3) is 4.22. The molecule has 0 amide bonds. The summed E-state index contributed by atoms with van der Waals surface area (Å²) in [4.78, 5) is 2.86. The third-order valence-corrected chi connectivity index (χ3v) is 2.23. The summed E-state index contributed by atoms with van der Waals surface area (Å²) in [5, 5.41) is 9.02. The zero-order chi connectivity index (χ0) is 12.0. The Morgan fingerprint density at radius 2 is 1.44 bits per heavy atom. The fourth-order valence-electron chi connectivity index (χ4n) is 1.24. The molecule has 0 saturated heterocycles. The molecule has 1 aromatic carbocycles. The topological polar surface area (TPSA) is 36.0 Å². The Morgan fingerprint density at radius 1 is 0.938 bits per heavy atom. The number of nitrogens with one attached hydrogen (secondary N) is 1. The van der Waals surface area contributed by atoms with Crippen molar-refractivity contribution in [1.82, 2.24) is 4.98 Å². The lowest BCUT2D eigenvalue weighted by Gasteiger charge is -2.18. The number of hydrogen-bond donors (Lipinski definition) is 2. The van der Waals surface area contributed by atoms with Gasteiger partial charge in [-0.25, -0.2) is 0 Å². The van der Waals surface area contributed by atoms with E-state index in [-0.39, 0.29) is 5.41 Å². The second-order valence-corrected chi connectivity index (χ2v) is 4.68. The Hall–Kier alpha value is -1.70. The summed E-state index contributed by atoms with van der Waals surface area (Å²) >= 11 is 0. The molecule has 0 spiro atoms. The molecule has 0 atom stereocenters. The molecular formula is C14H19NO. The van der Waals surface area contributed by atoms with Crippen LogP contribution in [0.2, 0.25) is 0 Å². The average Bonchev–Trinajstić information content (AvgIpc) is 2.74. The number of phenols is 1. The van der Waals surface area contributed by atoms with Crippen LogP contribution in [0.25, 0.3) is 0 Å². The van der Waals surface area contributed by atoms with Crippen LogP contribution in [0.3, 0.4) is 0 Å². The summed E-state index contributed by atoms with van der Waals surface area (Å²) in [5.74, 6) is 0.331. The van der Waals surface area contributed by atoms with E-state index in [1.54, 1.807) is 12.1 Å². The summed E-state index contributed by atoms with van der Waals surface area (Å²) in [7, 11) is 0. The lowest BCUT2D eigenvalue weighted by molar-refractivity contribution is 0.474. The molecule has 0 saturated carbocycles. The highest BCUT2D eigenvalue weighted by atomic mass is 16.3. The number of aromatic hydroxyl groups is 1. The van der Waals surface area contributed by atoms with Gasteiger partial charge in [-0.3, -0.25) is 0 Å². The first-order valence-corrected chi connectivity index (χ1v) is 5.37. The number of H-pyrrole nitrogens is 1. The van der Waals surface area contributed by atoms with Crippen LogP contribution in [0.15, 0.2) is 48.8 Å². The maximum absolute atomic E-state index is 9.02. The van der Waals surface area contributed by atoms with Crippen molar-refractivity contribution in [2.75, 3.05) is 0 Å². The molecule has 2 heteroatoms. The molecule has 2 nitrogen and oxygen atoms in total. The highest BCUT2D eigenvalue weighted by Crippen LogP contribution is 2.23. The SMILES string of the molecule is CC(C)(C)c1ccc(O)cc1.c1cc[nH]c1. The summed E-state index contributed by atoms with van der Waals surface area (Å²) in [6.07, 6.45) is 3.75. The molecule has 0 aliphatic heterocycles. The van der Waals surface area contributed by atoms with Crippen molar-refractivity contribution in [3.05, 3.63) is 54.4 Å². The number of aromatic amines is 1. The molecule has 0 aliphatic carbocycles. The van der Waals surface area contributed by atoms with Gasteiger partial charge in [-0.1, -0.05) is 32.9 Å². The van der Waals surface area contributed by atoms with Gasteiger partial charge in [-0.15, -0.1) is 0 Å².